The molecule has 1 saturated heterocycles. The first-order valence-corrected chi connectivity index (χ1v) is 5.26. The second kappa shape index (κ2) is 3.49. The number of rotatable bonds is 3. The molecule has 0 radical (unpaired) electrons. The molecule has 1 aliphatic rings. The van der Waals surface area contributed by atoms with Crippen LogP contribution in [0.4, 0.5) is 3.89 Å². The van der Waals surface area contributed by atoms with E-state index >= 15 is 0 Å². The quantitative estimate of drug-likeness (QED) is 0.636. The van der Waals surface area contributed by atoms with Gasteiger partial charge in [-0.15, -0.1) is 3.89 Å². The number of hydrogen-bond donors (Lipinski definition) is 1. The Balaban J connectivity index is 2.22. The van der Waals surface area contributed by atoms with E-state index in [1.165, 1.54) is 0 Å². The lowest BCUT2D eigenvalue weighted by atomic mass is 10.1. The van der Waals surface area contributed by atoms with Gasteiger partial charge in [0.15, 0.2) is 0 Å². The molecule has 66 valence electrons. The molecule has 0 aromatic rings. The highest BCUT2D eigenvalue weighted by Crippen LogP contribution is 2.13. The Morgan fingerprint density at radius 2 is 2.27 bits per heavy atom. The van der Waals surface area contributed by atoms with Gasteiger partial charge in [-0.3, -0.25) is 0 Å². The average molecular weight is 181 g/mol. The summed E-state index contributed by atoms with van der Waals surface area (Å²) < 4.78 is 32.2. The zero-order valence-corrected chi connectivity index (χ0v) is 7.03. The van der Waals surface area contributed by atoms with Crippen molar-refractivity contribution in [3.63, 3.8) is 0 Å². The highest BCUT2D eigenvalue weighted by Gasteiger charge is 2.17. The van der Waals surface area contributed by atoms with E-state index in [1.807, 2.05) is 0 Å². The summed E-state index contributed by atoms with van der Waals surface area (Å²) in [5.41, 5.74) is 0. The summed E-state index contributed by atoms with van der Waals surface area (Å²) in [5.74, 6) is 0.0276. The van der Waals surface area contributed by atoms with Gasteiger partial charge in [-0.25, -0.2) is 0 Å². The van der Waals surface area contributed by atoms with Crippen molar-refractivity contribution in [2.24, 2.45) is 5.92 Å². The molecule has 0 amide bonds. The van der Waals surface area contributed by atoms with Crippen LogP contribution in [0.2, 0.25) is 0 Å². The van der Waals surface area contributed by atoms with Crippen molar-refractivity contribution >= 4 is 10.2 Å². The van der Waals surface area contributed by atoms with E-state index in [4.69, 9.17) is 0 Å². The third-order valence-electron chi connectivity index (χ3n) is 1.93. The molecule has 0 spiro atoms. The van der Waals surface area contributed by atoms with E-state index in [1.54, 1.807) is 0 Å². The maximum Gasteiger partial charge on any atom is 0.302 e. The molecule has 1 aliphatic heterocycles. The van der Waals surface area contributed by atoms with Crippen LogP contribution in [0.5, 0.6) is 0 Å². The van der Waals surface area contributed by atoms with Gasteiger partial charge in [0.2, 0.25) is 0 Å². The van der Waals surface area contributed by atoms with Crippen molar-refractivity contribution in [2.75, 3.05) is 18.8 Å². The van der Waals surface area contributed by atoms with E-state index in [0.29, 0.717) is 12.3 Å². The summed E-state index contributed by atoms with van der Waals surface area (Å²) >= 11 is 0. The first-order valence-electron chi connectivity index (χ1n) is 3.71. The fraction of sp³-hybridized carbons (Fsp3) is 1.00. The van der Waals surface area contributed by atoms with Gasteiger partial charge in [0.25, 0.3) is 0 Å². The zero-order chi connectivity index (χ0) is 8.32. The first kappa shape index (κ1) is 8.93. The molecule has 1 unspecified atom stereocenters. The van der Waals surface area contributed by atoms with Crippen LogP contribution < -0.4 is 5.32 Å². The van der Waals surface area contributed by atoms with Crippen molar-refractivity contribution < 1.29 is 12.3 Å². The minimum Gasteiger partial charge on any atom is -0.316 e. The molecule has 1 N–H and O–H groups in total. The van der Waals surface area contributed by atoms with E-state index in [9.17, 15) is 12.3 Å². The average Bonchev–Trinajstić information content (AvgIpc) is 2.32. The van der Waals surface area contributed by atoms with Gasteiger partial charge in [-0.1, -0.05) is 0 Å². The van der Waals surface area contributed by atoms with Crippen LogP contribution in [0.25, 0.3) is 0 Å². The molecule has 1 heterocycles. The zero-order valence-electron chi connectivity index (χ0n) is 6.22. The summed E-state index contributed by atoms with van der Waals surface area (Å²) in [6, 6.07) is 0. The van der Waals surface area contributed by atoms with Crippen molar-refractivity contribution in [3.8, 4) is 0 Å². The van der Waals surface area contributed by atoms with Gasteiger partial charge in [0.05, 0.1) is 5.75 Å². The molecular weight excluding hydrogens is 169 g/mol. The number of nitrogens with one attached hydrogen (secondary N) is 1. The fourth-order valence-electron chi connectivity index (χ4n) is 1.27. The Kier molecular flexibility index (Phi) is 2.84. The van der Waals surface area contributed by atoms with E-state index < -0.39 is 10.2 Å². The highest BCUT2D eigenvalue weighted by molar-refractivity contribution is 7.86. The van der Waals surface area contributed by atoms with E-state index in [0.717, 1.165) is 19.5 Å². The smallest absolute Gasteiger partial charge is 0.302 e. The predicted octanol–water partition coefficient (Wildman–Crippen LogP) is 0.285. The van der Waals surface area contributed by atoms with Gasteiger partial charge < -0.3 is 5.32 Å². The Hall–Kier alpha value is -0.160. The number of hydrogen-bond acceptors (Lipinski definition) is 3. The van der Waals surface area contributed by atoms with Gasteiger partial charge in [-0.2, -0.15) is 8.42 Å². The molecule has 5 heteroatoms. The molecule has 1 rings (SSSR count). The molecule has 1 atom stereocenters. The number of halogens is 1. The Labute approximate surface area is 66.2 Å². The first-order chi connectivity index (χ1) is 5.08. The minimum absolute atomic E-state index is 0.320. The molecule has 0 aliphatic carbocycles. The van der Waals surface area contributed by atoms with Crippen LogP contribution in [-0.4, -0.2) is 27.3 Å². The van der Waals surface area contributed by atoms with Gasteiger partial charge >= 0.3 is 10.2 Å². The third kappa shape index (κ3) is 3.67. The summed E-state index contributed by atoms with van der Waals surface area (Å²) in [7, 11) is -4.24. The lowest BCUT2D eigenvalue weighted by Crippen LogP contribution is -2.11. The SMILES string of the molecule is O=S(=O)(F)CCC1CCNC1. The van der Waals surface area contributed by atoms with Crippen LogP contribution in [0.15, 0.2) is 0 Å². The topological polar surface area (TPSA) is 46.2 Å². The van der Waals surface area contributed by atoms with Crippen molar-refractivity contribution in [3.05, 3.63) is 0 Å². The Morgan fingerprint density at radius 3 is 2.73 bits per heavy atom. The Morgan fingerprint density at radius 1 is 1.55 bits per heavy atom. The molecule has 0 aromatic heterocycles. The largest absolute Gasteiger partial charge is 0.316 e. The van der Waals surface area contributed by atoms with Gasteiger partial charge in [0, 0.05) is 0 Å². The molecule has 0 aromatic carbocycles. The molecule has 0 bridgehead atoms. The third-order valence-corrected chi connectivity index (χ3v) is 2.66. The maximum absolute atomic E-state index is 12.0. The van der Waals surface area contributed by atoms with Crippen molar-refractivity contribution in [1.29, 1.82) is 0 Å². The molecule has 1 fully saturated rings. The van der Waals surface area contributed by atoms with Crippen LogP contribution in [0.3, 0.4) is 0 Å². The minimum atomic E-state index is -4.24. The summed E-state index contributed by atoms with van der Waals surface area (Å²) in [4.78, 5) is 0. The lowest BCUT2D eigenvalue weighted by Gasteiger charge is -2.03. The maximum atomic E-state index is 12.0. The summed E-state index contributed by atoms with van der Waals surface area (Å²) in [5, 5.41) is 3.09. The molecule has 11 heavy (non-hydrogen) atoms. The van der Waals surface area contributed by atoms with Crippen LogP contribution in [0.1, 0.15) is 12.8 Å². The van der Waals surface area contributed by atoms with Crippen molar-refractivity contribution in [1.82, 2.24) is 5.32 Å². The van der Waals surface area contributed by atoms with E-state index in [2.05, 4.69) is 5.32 Å². The van der Waals surface area contributed by atoms with Gasteiger partial charge in [0.1, 0.15) is 0 Å². The van der Waals surface area contributed by atoms with Gasteiger partial charge in [-0.05, 0) is 31.8 Å². The van der Waals surface area contributed by atoms with E-state index in [-0.39, 0.29) is 5.75 Å². The fourth-order valence-corrected chi connectivity index (χ4v) is 1.88. The monoisotopic (exact) mass is 181 g/mol. The summed E-state index contributed by atoms with van der Waals surface area (Å²) in [6.45, 7) is 1.76. The normalized spacial score (nSPS) is 25.7. The molecule has 0 saturated carbocycles. The van der Waals surface area contributed by atoms with Crippen LogP contribution >= 0.6 is 0 Å². The lowest BCUT2D eigenvalue weighted by molar-refractivity contribution is 0.521. The second-order valence-corrected chi connectivity index (χ2v) is 4.38. The van der Waals surface area contributed by atoms with Crippen molar-refractivity contribution in [2.45, 2.75) is 12.8 Å². The highest BCUT2D eigenvalue weighted by atomic mass is 32.3. The second-order valence-electron chi connectivity index (χ2n) is 2.89. The van der Waals surface area contributed by atoms with Crippen LogP contribution in [0, 0.1) is 5.92 Å². The molecular formula is C6H12FNO2S. The standard InChI is InChI=1S/C6H12FNO2S/c7-11(9,10)4-2-6-1-3-8-5-6/h6,8H,1-5H2. The predicted molar refractivity (Wildman–Crippen MR) is 40.5 cm³/mol. The summed E-state index contributed by atoms with van der Waals surface area (Å²) in [6.07, 6.45) is 1.42. The van der Waals surface area contributed by atoms with Crippen LogP contribution in [-0.2, 0) is 10.2 Å². The Bertz CT molecular complexity index is 209. The molecule has 3 nitrogen and oxygen atoms in total.